The van der Waals surface area contributed by atoms with E-state index in [-0.39, 0.29) is 36.3 Å². The number of amides is 1. The molecule has 106 valence electrons. The fourth-order valence-electron chi connectivity index (χ4n) is 2.45. The highest BCUT2D eigenvalue weighted by atomic mass is 35.5. The van der Waals surface area contributed by atoms with Crippen LogP contribution in [-0.4, -0.2) is 11.9 Å². The van der Waals surface area contributed by atoms with E-state index in [2.05, 4.69) is 5.32 Å². The highest BCUT2D eigenvalue weighted by Crippen LogP contribution is 2.25. The molecule has 0 heterocycles. The molecule has 0 saturated heterocycles. The number of carbonyl (C=O) groups is 1. The van der Waals surface area contributed by atoms with Gasteiger partial charge in [0.15, 0.2) is 0 Å². The standard InChI is InChI=1S/C14H19ClN2O.ClH/c1-9(10-3-2-4-12(15)7-10)17-14(18)11-5-6-13(16)8-11;/h2-4,7,9,11,13H,5-6,8,16H2,1H3,(H,17,18);1H/t9-,11?,13?;/m1./s1. The van der Waals surface area contributed by atoms with E-state index in [1.54, 1.807) is 0 Å². The number of halogens is 2. The summed E-state index contributed by atoms with van der Waals surface area (Å²) in [7, 11) is 0. The largest absolute Gasteiger partial charge is 0.349 e. The van der Waals surface area contributed by atoms with E-state index in [1.165, 1.54) is 0 Å². The van der Waals surface area contributed by atoms with Crippen LogP contribution in [0.5, 0.6) is 0 Å². The van der Waals surface area contributed by atoms with Crippen molar-refractivity contribution in [2.45, 2.75) is 38.3 Å². The minimum atomic E-state index is -0.0203. The van der Waals surface area contributed by atoms with Crippen LogP contribution in [0.15, 0.2) is 24.3 Å². The summed E-state index contributed by atoms with van der Waals surface area (Å²) >= 11 is 5.94. The van der Waals surface area contributed by atoms with E-state index in [9.17, 15) is 4.79 Å². The van der Waals surface area contributed by atoms with Crippen LogP contribution >= 0.6 is 24.0 Å². The summed E-state index contributed by atoms with van der Waals surface area (Å²) in [4.78, 5) is 12.1. The first-order valence-electron chi connectivity index (χ1n) is 6.37. The molecule has 1 aliphatic rings. The SMILES string of the molecule is C[C@@H](NC(=O)C1CCC(N)C1)c1cccc(Cl)c1.Cl. The molecule has 0 bridgehead atoms. The van der Waals surface area contributed by atoms with Crippen LogP contribution < -0.4 is 11.1 Å². The lowest BCUT2D eigenvalue weighted by Crippen LogP contribution is -2.32. The molecule has 2 rings (SSSR count). The predicted octanol–water partition coefficient (Wildman–Crippen LogP) is 3.07. The first-order chi connectivity index (χ1) is 8.56. The van der Waals surface area contributed by atoms with Gasteiger partial charge in [-0.25, -0.2) is 0 Å². The highest BCUT2D eigenvalue weighted by Gasteiger charge is 2.28. The zero-order chi connectivity index (χ0) is 13.1. The average molecular weight is 303 g/mol. The predicted molar refractivity (Wildman–Crippen MR) is 80.6 cm³/mol. The summed E-state index contributed by atoms with van der Waals surface area (Å²) in [6, 6.07) is 7.74. The Balaban J connectivity index is 0.00000180. The van der Waals surface area contributed by atoms with Crippen molar-refractivity contribution < 1.29 is 4.79 Å². The molecule has 0 spiro atoms. The van der Waals surface area contributed by atoms with Gasteiger partial charge in [-0.15, -0.1) is 12.4 Å². The molecule has 1 aromatic rings. The molecule has 3 nitrogen and oxygen atoms in total. The van der Waals surface area contributed by atoms with Crippen LogP contribution in [0, 0.1) is 5.92 Å². The number of carbonyl (C=O) groups excluding carboxylic acids is 1. The quantitative estimate of drug-likeness (QED) is 0.901. The number of nitrogens with two attached hydrogens (primary N) is 1. The third-order valence-corrected chi connectivity index (χ3v) is 3.79. The normalized spacial score (nSPS) is 23.5. The Hall–Kier alpha value is -0.770. The van der Waals surface area contributed by atoms with Crippen molar-refractivity contribution in [3.05, 3.63) is 34.9 Å². The number of nitrogens with one attached hydrogen (secondary N) is 1. The molecule has 1 aliphatic carbocycles. The Morgan fingerprint density at radius 1 is 1.47 bits per heavy atom. The summed E-state index contributed by atoms with van der Waals surface area (Å²) in [5.74, 6) is 0.178. The van der Waals surface area contributed by atoms with E-state index >= 15 is 0 Å². The Morgan fingerprint density at radius 3 is 2.79 bits per heavy atom. The minimum absolute atomic E-state index is 0. The van der Waals surface area contributed by atoms with Crippen molar-refractivity contribution in [3.8, 4) is 0 Å². The first kappa shape index (κ1) is 16.3. The van der Waals surface area contributed by atoms with E-state index in [0.29, 0.717) is 5.02 Å². The van der Waals surface area contributed by atoms with E-state index in [0.717, 1.165) is 24.8 Å². The first-order valence-corrected chi connectivity index (χ1v) is 6.75. The highest BCUT2D eigenvalue weighted by molar-refractivity contribution is 6.30. The van der Waals surface area contributed by atoms with Gasteiger partial charge in [0.1, 0.15) is 0 Å². The number of hydrogen-bond donors (Lipinski definition) is 2. The van der Waals surface area contributed by atoms with Crippen LogP contribution in [0.25, 0.3) is 0 Å². The Morgan fingerprint density at radius 2 is 2.21 bits per heavy atom. The molecule has 5 heteroatoms. The molecule has 0 radical (unpaired) electrons. The van der Waals surface area contributed by atoms with Crippen molar-refractivity contribution in [3.63, 3.8) is 0 Å². The molecule has 19 heavy (non-hydrogen) atoms. The Kier molecular flexibility index (Phi) is 6.11. The van der Waals surface area contributed by atoms with Gasteiger partial charge in [0.25, 0.3) is 0 Å². The lowest BCUT2D eigenvalue weighted by atomic mass is 10.0. The van der Waals surface area contributed by atoms with Gasteiger partial charge < -0.3 is 11.1 Å². The van der Waals surface area contributed by atoms with Gasteiger partial charge in [-0.05, 0) is 43.9 Å². The van der Waals surface area contributed by atoms with E-state index < -0.39 is 0 Å². The summed E-state index contributed by atoms with van der Waals surface area (Å²) in [5, 5.41) is 3.72. The van der Waals surface area contributed by atoms with Crippen molar-refractivity contribution >= 4 is 29.9 Å². The topological polar surface area (TPSA) is 55.1 Å². The summed E-state index contributed by atoms with van der Waals surface area (Å²) in [6.07, 6.45) is 2.65. The van der Waals surface area contributed by atoms with Crippen LogP contribution in [0.1, 0.15) is 37.8 Å². The molecule has 1 aromatic carbocycles. The third kappa shape index (κ3) is 4.37. The molecule has 2 unspecified atom stereocenters. The molecular formula is C14H20Cl2N2O. The molecule has 1 fully saturated rings. The maximum atomic E-state index is 12.1. The van der Waals surface area contributed by atoms with Crippen LogP contribution in [-0.2, 0) is 4.79 Å². The van der Waals surface area contributed by atoms with Gasteiger partial charge in [-0.3, -0.25) is 4.79 Å². The van der Waals surface area contributed by atoms with Crippen LogP contribution in [0.4, 0.5) is 0 Å². The molecule has 0 aromatic heterocycles. The van der Waals surface area contributed by atoms with E-state index in [1.807, 2.05) is 31.2 Å². The average Bonchev–Trinajstić information content (AvgIpc) is 2.76. The summed E-state index contributed by atoms with van der Waals surface area (Å²) in [6.45, 7) is 1.97. The Labute approximate surface area is 125 Å². The summed E-state index contributed by atoms with van der Waals surface area (Å²) < 4.78 is 0. The van der Waals surface area contributed by atoms with Crippen molar-refractivity contribution in [1.29, 1.82) is 0 Å². The molecule has 3 N–H and O–H groups in total. The second kappa shape index (κ2) is 7.13. The zero-order valence-electron chi connectivity index (χ0n) is 10.9. The maximum absolute atomic E-state index is 12.1. The number of benzene rings is 1. The van der Waals surface area contributed by atoms with Gasteiger partial charge in [0.05, 0.1) is 6.04 Å². The van der Waals surface area contributed by atoms with Crippen LogP contribution in [0.3, 0.4) is 0 Å². The lowest BCUT2D eigenvalue weighted by Gasteiger charge is -2.17. The molecule has 0 aliphatic heterocycles. The minimum Gasteiger partial charge on any atom is -0.349 e. The zero-order valence-corrected chi connectivity index (χ0v) is 12.5. The number of rotatable bonds is 3. The maximum Gasteiger partial charge on any atom is 0.223 e. The fourth-order valence-corrected chi connectivity index (χ4v) is 2.64. The Bertz CT molecular complexity index is 439. The van der Waals surface area contributed by atoms with Crippen molar-refractivity contribution in [2.24, 2.45) is 11.7 Å². The van der Waals surface area contributed by atoms with Crippen molar-refractivity contribution in [1.82, 2.24) is 5.32 Å². The van der Waals surface area contributed by atoms with Crippen LogP contribution in [0.2, 0.25) is 5.02 Å². The molecule has 3 atom stereocenters. The van der Waals surface area contributed by atoms with Gasteiger partial charge in [-0.2, -0.15) is 0 Å². The molecule has 1 saturated carbocycles. The number of hydrogen-bond acceptors (Lipinski definition) is 2. The summed E-state index contributed by atoms with van der Waals surface area (Å²) in [5.41, 5.74) is 6.85. The van der Waals surface area contributed by atoms with Gasteiger partial charge in [0.2, 0.25) is 5.91 Å². The second-order valence-electron chi connectivity index (χ2n) is 5.06. The lowest BCUT2D eigenvalue weighted by molar-refractivity contribution is -0.125. The fraction of sp³-hybridized carbons (Fsp3) is 0.500. The van der Waals surface area contributed by atoms with Gasteiger partial charge in [-0.1, -0.05) is 23.7 Å². The third-order valence-electron chi connectivity index (χ3n) is 3.55. The van der Waals surface area contributed by atoms with Gasteiger partial charge >= 0.3 is 0 Å². The monoisotopic (exact) mass is 302 g/mol. The smallest absolute Gasteiger partial charge is 0.223 e. The molecular weight excluding hydrogens is 283 g/mol. The van der Waals surface area contributed by atoms with Gasteiger partial charge in [0, 0.05) is 17.0 Å². The van der Waals surface area contributed by atoms with E-state index in [4.69, 9.17) is 17.3 Å². The second-order valence-corrected chi connectivity index (χ2v) is 5.49. The molecule has 1 amide bonds. The van der Waals surface area contributed by atoms with Crippen molar-refractivity contribution in [2.75, 3.05) is 0 Å².